The van der Waals surface area contributed by atoms with E-state index in [1.54, 1.807) is 13.2 Å². The summed E-state index contributed by atoms with van der Waals surface area (Å²) in [5, 5.41) is 3.50. The van der Waals surface area contributed by atoms with Gasteiger partial charge in [-0.05, 0) is 37.5 Å². The van der Waals surface area contributed by atoms with Crippen LogP contribution in [0.1, 0.15) is 19.3 Å². The number of benzene rings is 1. The molecule has 1 amide bonds. The van der Waals surface area contributed by atoms with Crippen molar-refractivity contribution in [2.75, 3.05) is 50.2 Å². The van der Waals surface area contributed by atoms with Gasteiger partial charge in [0.1, 0.15) is 6.61 Å². The van der Waals surface area contributed by atoms with Crippen LogP contribution in [-0.4, -0.2) is 45.9 Å². The maximum absolute atomic E-state index is 12.0. The van der Waals surface area contributed by atoms with Gasteiger partial charge in [-0.1, -0.05) is 11.6 Å². The normalized spacial score (nSPS) is 14.9. The van der Waals surface area contributed by atoms with Crippen LogP contribution in [0.4, 0.5) is 11.4 Å². The van der Waals surface area contributed by atoms with E-state index in [2.05, 4.69) is 10.2 Å². The highest BCUT2D eigenvalue weighted by Gasteiger charge is 2.16. The zero-order valence-electron chi connectivity index (χ0n) is 12.9. The fraction of sp³-hybridized carbons (Fsp3) is 0.562. The second kappa shape index (κ2) is 8.98. The summed E-state index contributed by atoms with van der Waals surface area (Å²) < 4.78 is 10.1. The Bertz CT molecular complexity index is 490. The van der Waals surface area contributed by atoms with Gasteiger partial charge in [0, 0.05) is 25.2 Å². The van der Waals surface area contributed by atoms with Crippen LogP contribution >= 0.6 is 11.6 Å². The zero-order chi connectivity index (χ0) is 15.8. The molecule has 0 bridgehead atoms. The lowest BCUT2D eigenvalue weighted by atomic mass is 10.1. The largest absolute Gasteiger partial charge is 0.382 e. The number of carbonyl (C=O) groups excluding carboxylic acids is 1. The van der Waals surface area contributed by atoms with E-state index in [0.717, 1.165) is 24.5 Å². The Morgan fingerprint density at radius 2 is 2.05 bits per heavy atom. The molecule has 0 radical (unpaired) electrons. The molecule has 1 N–H and O–H groups in total. The number of piperidine rings is 1. The quantitative estimate of drug-likeness (QED) is 0.783. The van der Waals surface area contributed by atoms with E-state index < -0.39 is 0 Å². The fourth-order valence-electron chi connectivity index (χ4n) is 2.51. The van der Waals surface area contributed by atoms with Gasteiger partial charge in [0.15, 0.2) is 0 Å². The Balaban J connectivity index is 1.99. The van der Waals surface area contributed by atoms with E-state index >= 15 is 0 Å². The summed E-state index contributed by atoms with van der Waals surface area (Å²) in [6, 6.07) is 5.61. The maximum Gasteiger partial charge on any atom is 0.250 e. The number of hydrogen-bond donors (Lipinski definition) is 1. The Labute approximate surface area is 136 Å². The monoisotopic (exact) mass is 326 g/mol. The first-order valence-corrected chi connectivity index (χ1v) is 7.99. The molecule has 0 atom stereocenters. The lowest BCUT2D eigenvalue weighted by Crippen LogP contribution is -2.30. The molecule has 0 unspecified atom stereocenters. The van der Waals surface area contributed by atoms with Crippen LogP contribution in [0.5, 0.6) is 0 Å². The third kappa shape index (κ3) is 5.16. The number of carbonyl (C=O) groups is 1. The molecule has 22 heavy (non-hydrogen) atoms. The number of amides is 1. The maximum atomic E-state index is 12.0. The van der Waals surface area contributed by atoms with E-state index in [0.29, 0.717) is 18.2 Å². The summed E-state index contributed by atoms with van der Waals surface area (Å²) in [7, 11) is 1.60. The lowest BCUT2D eigenvalue weighted by molar-refractivity contribution is -0.121. The third-order valence-electron chi connectivity index (χ3n) is 3.59. The molecular formula is C16H23ClN2O3. The standard InChI is InChI=1S/C16H23ClN2O3/c1-21-9-10-22-12-16(20)18-14-11-13(17)5-6-15(14)19-7-3-2-4-8-19/h5-6,11H,2-4,7-10,12H2,1H3,(H,18,20). The van der Waals surface area contributed by atoms with Crippen LogP contribution in [0.25, 0.3) is 0 Å². The number of hydrogen-bond acceptors (Lipinski definition) is 4. The van der Waals surface area contributed by atoms with Crippen LogP contribution < -0.4 is 10.2 Å². The molecule has 0 aliphatic carbocycles. The molecular weight excluding hydrogens is 304 g/mol. The number of ether oxygens (including phenoxy) is 2. The third-order valence-corrected chi connectivity index (χ3v) is 3.83. The van der Waals surface area contributed by atoms with Crippen LogP contribution in [0.15, 0.2) is 18.2 Å². The number of rotatable bonds is 7. The number of anilines is 2. The SMILES string of the molecule is COCCOCC(=O)Nc1cc(Cl)ccc1N1CCCCC1. The summed E-state index contributed by atoms with van der Waals surface area (Å²) in [6.45, 7) is 2.90. The lowest BCUT2D eigenvalue weighted by Gasteiger charge is -2.30. The van der Waals surface area contributed by atoms with Gasteiger partial charge in [0.05, 0.1) is 24.6 Å². The first-order chi connectivity index (χ1) is 10.7. The molecule has 122 valence electrons. The van der Waals surface area contributed by atoms with E-state index in [4.69, 9.17) is 21.1 Å². The predicted octanol–water partition coefficient (Wildman–Crippen LogP) is 2.93. The molecule has 1 aromatic rings. The molecule has 1 saturated heterocycles. The van der Waals surface area contributed by atoms with Crippen LogP contribution in [0.3, 0.4) is 0 Å². The van der Waals surface area contributed by atoms with Crippen molar-refractivity contribution >= 4 is 28.9 Å². The average Bonchev–Trinajstić information content (AvgIpc) is 2.53. The summed E-state index contributed by atoms with van der Waals surface area (Å²) >= 11 is 6.07. The molecule has 5 nitrogen and oxygen atoms in total. The number of nitrogens with one attached hydrogen (secondary N) is 1. The van der Waals surface area contributed by atoms with Crippen molar-refractivity contribution in [3.05, 3.63) is 23.2 Å². The molecule has 2 rings (SSSR count). The van der Waals surface area contributed by atoms with Gasteiger partial charge in [-0.3, -0.25) is 4.79 Å². The highest BCUT2D eigenvalue weighted by Crippen LogP contribution is 2.31. The van der Waals surface area contributed by atoms with Crippen molar-refractivity contribution in [2.24, 2.45) is 0 Å². The van der Waals surface area contributed by atoms with Gasteiger partial charge >= 0.3 is 0 Å². The molecule has 0 saturated carbocycles. The summed E-state index contributed by atoms with van der Waals surface area (Å²) in [4.78, 5) is 14.3. The zero-order valence-corrected chi connectivity index (χ0v) is 13.7. The van der Waals surface area contributed by atoms with Crippen LogP contribution in [0, 0.1) is 0 Å². The molecule has 6 heteroatoms. The molecule has 1 fully saturated rings. The van der Waals surface area contributed by atoms with E-state index in [9.17, 15) is 4.79 Å². The van der Waals surface area contributed by atoms with Crippen molar-refractivity contribution < 1.29 is 14.3 Å². The Morgan fingerprint density at radius 1 is 1.27 bits per heavy atom. The summed E-state index contributed by atoms with van der Waals surface area (Å²) in [6.07, 6.45) is 3.62. The molecule has 0 aromatic heterocycles. The van der Waals surface area contributed by atoms with E-state index in [-0.39, 0.29) is 12.5 Å². The van der Waals surface area contributed by atoms with Crippen molar-refractivity contribution in [1.82, 2.24) is 0 Å². The smallest absolute Gasteiger partial charge is 0.250 e. The molecule has 1 aromatic carbocycles. The van der Waals surface area contributed by atoms with Gasteiger partial charge in [-0.15, -0.1) is 0 Å². The molecule has 1 aliphatic heterocycles. The van der Waals surface area contributed by atoms with Crippen LogP contribution in [0.2, 0.25) is 5.02 Å². The minimum absolute atomic E-state index is 0.00924. The second-order valence-corrected chi connectivity index (χ2v) is 5.74. The van der Waals surface area contributed by atoms with Crippen molar-refractivity contribution in [3.63, 3.8) is 0 Å². The first-order valence-electron chi connectivity index (χ1n) is 7.62. The highest BCUT2D eigenvalue weighted by molar-refractivity contribution is 6.31. The number of methoxy groups -OCH3 is 1. The average molecular weight is 327 g/mol. The number of nitrogens with zero attached hydrogens (tertiary/aromatic N) is 1. The topological polar surface area (TPSA) is 50.8 Å². The van der Waals surface area contributed by atoms with Crippen molar-refractivity contribution in [2.45, 2.75) is 19.3 Å². The Kier molecular flexibility index (Phi) is 6.96. The molecule has 1 heterocycles. The molecule has 1 aliphatic rings. The van der Waals surface area contributed by atoms with Gasteiger partial charge in [-0.2, -0.15) is 0 Å². The predicted molar refractivity (Wildman–Crippen MR) is 88.8 cm³/mol. The van der Waals surface area contributed by atoms with E-state index in [1.807, 2.05) is 12.1 Å². The van der Waals surface area contributed by atoms with Crippen molar-refractivity contribution in [3.8, 4) is 0 Å². The van der Waals surface area contributed by atoms with Crippen LogP contribution in [-0.2, 0) is 14.3 Å². The Hall–Kier alpha value is -1.30. The molecule has 0 spiro atoms. The van der Waals surface area contributed by atoms with Gasteiger partial charge in [0.25, 0.3) is 0 Å². The highest BCUT2D eigenvalue weighted by atomic mass is 35.5. The second-order valence-electron chi connectivity index (χ2n) is 5.30. The minimum atomic E-state index is -0.184. The van der Waals surface area contributed by atoms with Gasteiger partial charge in [0.2, 0.25) is 5.91 Å². The van der Waals surface area contributed by atoms with Crippen molar-refractivity contribution in [1.29, 1.82) is 0 Å². The summed E-state index contributed by atoms with van der Waals surface area (Å²) in [5.74, 6) is -0.184. The van der Waals surface area contributed by atoms with Gasteiger partial charge in [-0.25, -0.2) is 0 Å². The summed E-state index contributed by atoms with van der Waals surface area (Å²) in [5.41, 5.74) is 1.77. The fourth-order valence-corrected chi connectivity index (χ4v) is 2.68. The first kappa shape index (κ1) is 17.1. The minimum Gasteiger partial charge on any atom is -0.382 e. The Morgan fingerprint density at radius 3 is 2.77 bits per heavy atom. The van der Waals surface area contributed by atoms with Gasteiger partial charge < -0.3 is 19.7 Å². The van der Waals surface area contributed by atoms with E-state index in [1.165, 1.54) is 19.3 Å². The number of halogens is 1.